The number of nitriles is 1. The minimum atomic E-state index is -0.275. The maximum absolute atomic E-state index is 12.5. The van der Waals surface area contributed by atoms with Crippen molar-refractivity contribution in [2.75, 3.05) is 5.32 Å². The third-order valence-electron chi connectivity index (χ3n) is 4.46. The number of carbonyl (C=O) groups excluding carboxylic acids is 1. The second kappa shape index (κ2) is 6.23. The third-order valence-corrected chi connectivity index (χ3v) is 6.17. The number of rotatable bonds is 2. The molecule has 3 rings (SSSR count). The van der Waals surface area contributed by atoms with Crippen LogP contribution in [0.4, 0.5) is 5.00 Å². The van der Waals surface area contributed by atoms with Gasteiger partial charge in [0.05, 0.1) is 16.1 Å². The first-order valence-corrected chi connectivity index (χ1v) is 9.13. The Morgan fingerprint density at radius 3 is 2.79 bits per heavy atom. The lowest BCUT2D eigenvalue weighted by atomic mass is 9.72. The SMILES string of the molecule is CC1CC(C)(C)Cc2c1sc(NC(=O)c1ccccc1Cl)c2C#N. The molecule has 0 spiro atoms. The number of fused-ring (bicyclic) bond motifs is 1. The molecule has 124 valence electrons. The molecule has 1 aliphatic carbocycles. The van der Waals surface area contributed by atoms with Crippen molar-refractivity contribution < 1.29 is 4.79 Å². The fraction of sp³-hybridized carbons (Fsp3) is 0.368. The number of amides is 1. The smallest absolute Gasteiger partial charge is 0.257 e. The van der Waals surface area contributed by atoms with Gasteiger partial charge in [-0.3, -0.25) is 4.79 Å². The summed E-state index contributed by atoms with van der Waals surface area (Å²) in [5, 5.41) is 13.6. The van der Waals surface area contributed by atoms with E-state index in [0.717, 1.165) is 18.4 Å². The van der Waals surface area contributed by atoms with E-state index in [1.807, 2.05) is 0 Å². The predicted octanol–water partition coefficient (Wildman–Crippen LogP) is 5.60. The zero-order chi connectivity index (χ0) is 17.5. The molecule has 2 aromatic rings. The molecule has 5 heteroatoms. The van der Waals surface area contributed by atoms with Crippen molar-refractivity contribution in [1.82, 2.24) is 0 Å². The Balaban J connectivity index is 1.98. The molecule has 1 aromatic carbocycles. The first-order chi connectivity index (χ1) is 11.3. The van der Waals surface area contributed by atoms with Gasteiger partial charge in [-0.05, 0) is 41.9 Å². The Morgan fingerprint density at radius 2 is 2.12 bits per heavy atom. The number of carbonyl (C=O) groups is 1. The maximum atomic E-state index is 12.5. The fourth-order valence-corrected chi connectivity index (χ4v) is 4.99. The van der Waals surface area contributed by atoms with Crippen LogP contribution < -0.4 is 5.32 Å². The van der Waals surface area contributed by atoms with E-state index >= 15 is 0 Å². The van der Waals surface area contributed by atoms with Gasteiger partial charge < -0.3 is 5.32 Å². The van der Waals surface area contributed by atoms with Crippen LogP contribution >= 0.6 is 22.9 Å². The van der Waals surface area contributed by atoms with Crippen molar-refractivity contribution in [3.63, 3.8) is 0 Å². The Hall–Kier alpha value is -1.83. The number of anilines is 1. The van der Waals surface area contributed by atoms with Crippen LogP contribution in [0.25, 0.3) is 0 Å². The Labute approximate surface area is 151 Å². The van der Waals surface area contributed by atoms with Crippen molar-refractivity contribution in [3.8, 4) is 6.07 Å². The number of nitrogens with one attached hydrogen (secondary N) is 1. The molecule has 3 nitrogen and oxygen atoms in total. The number of nitrogens with zero attached hydrogens (tertiary/aromatic N) is 1. The summed E-state index contributed by atoms with van der Waals surface area (Å²) >= 11 is 7.62. The van der Waals surface area contributed by atoms with Crippen molar-refractivity contribution in [3.05, 3.63) is 50.9 Å². The molecule has 1 heterocycles. The first kappa shape index (κ1) is 17.0. The van der Waals surface area contributed by atoms with E-state index in [1.165, 1.54) is 16.2 Å². The number of thiophene rings is 1. The lowest BCUT2D eigenvalue weighted by Crippen LogP contribution is -2.23. The molecule has 0 radical (unpaired) electrons. The summed E-state index contributed by atoms with van der Waals surface area (Å²) < 4.78 is 0. The number of halogens is 1. The van der Waals surface area contributed by atoms with Crippen LogP contribution in [-0.2, 0) is 6.42 Å². The highest BCUT2D eigenvalue weighted by Gasteiger charge is 2.34. The van der Waals surface area contributed by atoms with Crippen LogP contribution in [0.3, 0.4) is 0 Å². The summed E-state index contributed by atoms with van der Waals surface area (Å²) in [6.45, 7) is 6.65. The van der Waals surface area contributed by atoms with Gasteiger partial charge in [0.1, 0.15) is 11.1 Å². The summed E-state index contributed by atoms with van der Waals surface area (Å²) in [5.41, 5.74) is 2.29. The van der Waals surface area contributed by atoms with Gasteiger partial charge in [-0.15, -0.1) is 11.3 Å². The monoisotopic (exact) mass is 358 g/mol. The average Bonchev–Trinajstić information content (AvgIpc) is 2.83. The molecular weight excluding hydrogens is 340 g/mol. The van der Waals surface area contributed by atoms with Crippen molar-refractivity contribution >= 4 is 33.8 Å². The molecule has 1 atom stereocenters. The Bertz CT molecular complexity index is 848. The molecule has 0 saturated carbocycles. The Kier molecular flexibility index (Phi) is 4.42. The van der Waals surface area contributed by atoms with E-state index in [1.54, 1.807) is 24.3 Å². The van der Waals surface area contributed by atoms with Crippen molar-refractivity contribution in [2.45, 2.75) is 39.5 Å². The van der Waals surface area contributed by atoms with Crippen LogP contribution in [0.2, 0.25) is 5.02 Å². The highest BCUT2D eigenvalue weighted by atomic mass is 35.5. The molecule has 0 saturated heterocycles. The van der Waals surface area contributed by atoms with Crippen LogP contribution in [0, 0.1) is 16.7 Å². The third kappa shape index (κ3) is 3.07. The lowest BCUT2D eigenvalue weighted by Gasteiger charge is -2.33. The molecule has 1 amide bonds. The summed E-state index contributed by atoms with van der Waals surface area (Å²) in [4.78, 5) is 13.7. The largest absolute Gasteiger partial charge is 0.312 e. The lowest BCUT2D eigenvalue weighted by molar-refractivity contribution is 0.102. The molecule has 0 bridgehead atoms. The molecule has 1 aliphatic rings. The van der Waals surface area contributed by atoms with Crippen LogP contribution in [0.5, 0.6) is 0 Å². The Morgan fingerprint density at radius 1 is 1.42 bits per heavy atom. The molecular formula is C19H19ClN2OS. The van der Waals surface area contributed by atoms with E-state index < -0.39 is 0 Å². The molecule has 1 N–H and O–H groups in total. The van der Waals surface area contributed by atoms with Gasteiger partial charge in [-0.2, -0.15) is 5.26 Å². The first-order valence-electron chi connectivity index (χ1n) is 7.94. The van der Waals surface area contributed by atoms with Gasteiger partial charge in [0.2, 0.25) is 0 Å². The molecule has 0 fully saturated rings. The molecule has 0 aliphatic heterocycles. The van der Waals surface area contributed by atoms with Crippen LogP contribution in [0.15, 0.2) is 24.3 Å². The highest BCUT2D eigenvalue weighted by molar-refractivity contribution is 7.16. The van der Waals surface area contributed by atoms with E-state index in [0.29, 0.717) is 27.1 Å². The van der Waals surface area contributed by atoms with E-state index in [2.05, 4.69) is 32.2 Å². The van der Waals surface area contributed by atoms with Gasteiger partial charge in [0.15, 0.2) is 0 Å². The van der Waals surface area contributed by atoms with Crippen LogP contribution in [0.1, 0.15) is 59.5 Å². The van der Waals surface area contributed by atoms with Gasteiger partial charge >= 0.3 is 0 Å². The van der Waals surface area contributed by atoms with Crippen molar-refractivity contribution in [1.29, 1.82) is 5.26 Å². The van der Waals surface area contributed by atoms with Gasteiger partial charge in [0.25, 0.3) is 5.91 Å². The second-order valence-corrected chi connectivity index (χ2v) is 8.60. The summed E-state index contributed by atoms with van der Waals surface area (Å²) in [5.74, 6) is 0.120. The zero-order valence-electron chi connectivity index (χ0n) is 13.9. The average molecular weight is 359 g/mol. The predicted molar refractivity (Wildman–Crippen MR) is 99.0 cm³/mol. The normalized spacial score (nSPS) is 18.5. The molecule has 24 heavy (non-hydrogen) atoms. The number of hydrogen-bond donors (Lipinski definition) is 1. The number of benzene rings is 1. The summed E-state index contributed by atoms with van der Waals surface area (Å²) in [6.07, 6.45) is 1.96. The minimum absolute atomic E-state index is 0.170. The second-order valence-electron chi connectivity index (χ2n) is 7.14. The molecule has 1 unspecified atom stereocenters. The molecule has 1 aromatic heterocycles. The van der Waals surface area contributed by atoms with Gasteiger partial charge in [0, 0.05) is 4.88 Å². The fourth-order valence-electron chi connectivity index (χ4n) is 3.55. The van der Waals surface area contributed by atoms with Crippen molar-refractivity contribution in [2.24, 2.45) is 5.41 Å². The number of hydrogen-bond acceptors (Lipinski definition) is 3. The summed E-state index contributed by atoms with van der Waals surface area (Å²) in [7, 11) is 0. The maximum Gasteiger partial charge on any atom is 0.257 e. The highest BCUT2D eigenvalue weighted by Crippen LogP contribution is 2.48. The van der Waals surface area contributed by atoms with E-state index in [-0.39, 0.29) is 11.3 Å². The zero-order valence-corrected chi connectivity index (χ0v) is 15.5. The minimum Gasteiger partial charge on any atom is -0.312 e. The quantitative estimate of drug-likeness (QED) is 0.759. The topological polar surface area (TPSA) is 52.9 Å². The summed E-state index contributed by atoms with van der Waals surface area (Å²) in [6, 6.07) is 9.22. The van der Waals surface area contributed by atoms with E-state index in [4.69, 9.17) is 11.6 Å². The van der Waals surface area contributed by atoms with Gasteiger partial charge in [-0.1, -0.05) is 44.5 Å². The van der Waals surface area contributed by atoms with Crippen LogP contribution in [-0.4, -0.2) is 5.91 Å². The van der Waals surface area contributed by atoms with Gasteiger partial charge in [-0.25, -0.2) is 0 Å². The standard InChI is InChI=1S/C19H19ClN2OS/c1-11-8-19(2,3)9-13-14(10-21)18(24-16(11)13)22-17(23)12-6-4-5-7-15(12)20/h4-7,11H,8-9H2,1-3H3,(H,22,23). The van der Waals surface area contributed by atoms with E-state index in [9.17, 15) is 10.1 Å².